The smallest absolute Gasteiger partial charge is 0.336 e. The van der Waals surface area contributed by atoms with Crippen molar-refractivity contribution in [1.82, 2.24) is 14.9 Å². The van der Waals surface area contributed by atoms with Crippen molar-refractivity contribution in [3.63, 3.8) is 0 Å². The number of nitrogens with one attached hydrogen (secondary N) is 1. The quantitative estimate of drug-likeness (QED) is 0.288. The monoisotopic (exact) mass is 545 g/mol. The van der Waals surface area contributed by atoms with E-state index in [0.717, 1.165) is 46.4 Å². The molecule has 6 nitrogen and oxygen atoms in total. The molecule has 0 saturated carbocycles. The van der Waals surface area contributed by atoms with Crippen LogP contribution in [0.15, 0.2) is 34.8 Å². The number of rotatable bonds is 10. The number of carbonyl (C=O) groups is 2. The molecule has 0 fully saturated rings. The molecule has 1 atom stereocenters. The molecule has 3 rings (SSSR count). The summed E-state index contributed by atoms with van der Waals surface area (Å²) in [5, 5.41) is 12.4. The van der Waals surface area contributed by atoms with Crippen molar-refractivity contribution in [2.24, 2.45) is 11.8 Å². The number of hydrogen-bond acceptors (Lipinski definition) is 4. The van der Waals surface area contributed by atoms with Gasteiger partial charge in [0.15, 0.2) is 0 Å². The number of carboxylic acids is 1. The van der Waals surface area contributed by atoms with Crippen LogP contribution in [0.4, 0.5) is 0 Å². The van der Waals surface area contributed by atoms with E-state index in [-0.39, 0.29) is 23.3 Å². The van der Waals surface area contributed by atoms with Crippen molar-refractivity contribution in [1.29, 1.82) is 0 Å². The van der Waals surface area contributed by atoms with Crippen LogP contribution in [-0.4, -0.2) is 32.3 Å². The Balaban J connectivity index is 1.96. The zero-order chi connectivity index (χ0) is 25.0. The van der Waals surface area contributed by atoms with Crippen molar-refractivity contribution in [3.05, 3.63) is 62.9 Å². The molecule has 0 aliphatic rings. The molecule has 34 heavy (non-hydrogen) atoms. The van der Waals surface area contributed by atoms with Gasteiger partial charge < -0.3 is 15.0 Å². The average Bonchev–Trinajstić information content (AvgIpc) is 3.10. The molecule has 0 spiro atoms. The first-order chi connectivity index (χ1) is 16.2. The summed E-state index contributed by atoms with van der Waals surface area (Å²) in [5.41, 5.74) is 5.28. The van der Waals surface area contributed by atoms with Gasteiger partial charge in [0.05, 0.1) is 16.6 Å². The second kappa shape index (κ2) is 11.4. The van der Waals surface area contributed by atoms with Gasteiger partial charge in [0, 0.05) is 35.7 Å². The van der Waals surface area contributed by atoms with Gasteiger partial charge in [-0.3, -0.25) is 4.79 Å². The van der Waals surface area contributed by atoms with Crippen molar-refractivity contribution < 1.29 is 14.7 Å². The lowest BCUT2D eigenvalue weighted by Crippen LogP contribution is -2.34. The number of carboxylic acid groups (broad SMARTS) is 1. The van der Waals surface area contributed by atoms with E-state index in [9.17, 15) is 14.7 Å². The first-order valence-corrected chi connectivity index (χ1v) is 13.0. The Bertz CT molecular complexity index is 1210. The highest BCUT2D eigenvalue weighted by atomic mass is 79.9. The molecule has 0 radical (unpaired) electrons. The Kier molecular flexibility index (Phi) is 8.82. The molecule has 1 heterocycles. The van der Waals surface area contributed by atoms with Crippen LogP contribution in [0.25, 0.3) is 11.0 Å². The lowest BCUT2D eigenvalue weighted by molar-refractivity contribution is -0.125. The molecule has 182 valence electrons. The van der Waals surface area contributed by atoms with Gasteiger partial charge >= 0.3 is 5.97 Å². The standard InChI is InChI=1S/C26H32BrN3O3S/c1-5-6-23-29-24-16(4)9-18(12-28-25(31)20(14-34)15(2)3)11-22(24)30(23)13-17-7-8-19(26(32)33)21(27)10-17/h7-11,15,20,34H,5-6,12-14H2,1-4H3,(H,28,31)(H,32,33). The van der Waals surface area contributed by atoms with Gasteiger partial charge in [-0.05, 0) is 70.1 Å². The van der Waals surface area contributed by atoms with Gasteiger partial charge in [0.2, 0.25) is 5.91 Å². The van der Waals surface area contributed by atoms with Crippen LogP contribution in [0.3, 0.4) is 0 Å². The van der Waals surface area contributed by atoms with E-state index in [1.807, 2.05) is 32.9 Å². The number of aromatic nitrogens is 2. The molecule has 1 unspecified atom stereocenters. The van der Waals surface area contributed by atoms with Gasteiger partial charge in [-0.1, -0.05) is 32.9 Å². The largest absolute Gasteiger partial charge is 0.478 e. The Morgan fingerprint density at radius 2 is 1.94 bits per heavy atom. The fourth-order valence-corrected chi connectivity index (χ4v) is 5.32. The van der Waals surface area contributed by atoms with E-state index < -0.39 is 5.97 Å². The second-order valence-corrected chi connectivity index (χ2v) is 10.2. The number of imidazole rings is 1. The Morgan fingerprint density at radius 3 is 2.53 bits per heavy atom. The van der Waals surface area contributed by atoms with Crippen LogP contribution in [-0.2, 0) is 24.3 Å². The third-order valence-electron chi connectivity index (χ3n) is 6.07. The molecule has 1 amide bonds. The van der Waals surface area contributed by atoms with Gasteiger partial charge in [-0.15, -0.1) is 0 Å². The van der Waals surface area contributed by atoms with Gasteiger partial charge in [-0.25, -0.2) is 9.78 Å². The highest BCUT2D eigenvalue weighted by Gasteiger charge is 2.21. The van der Waals surface area contributed by atoms with E-state index in [0.29, 0.717) is 23.3 Å². The maximum Gasteiger partial charge on any atom is 0.336 e. The Labute approximate surface area is 214 Å². The number of amides is 1. The second-order valence-electron chi connectivity index (χ2n) is 9.01. The van der Waals surface area contributed by atoms with Gasteiger partial charge in [-0.2, -0.15) is 12.6 Å². The van der Waals surface area contributed by atoms with Gasteiger partial charge in [0.1, 0.15) is 5.82 Å². The van der Waals surface area contributed by atoms with Crippen LogP contribution in [0, 0.1) is 18.8 Å². The first kappa shape index (κ1) is 26.3. The number of carbonyl (C=O) groups excluding carboxylic acids is 1. The van der Waals surface area contributed by atoms with E-state index in [2.05, 4.69) is 57.5 Å². The zero-order valence-electron chi connectivity index (χ0n) is 20.1. The van der Waals surface area contributed by atoms with Crippen LogP contribution in [0.5, 0.6) is 0 Å². The summed E-state index contributed by atoms with van der Waals surface area (Å²) in [4.78, 5) is 28.9. The van der Waals surface area contributed by atoms with E-state index >= 15 is 0 Å². The van der Waals surface area contributed by atoms with Gasteiger partial charge in [0.25, 0.3) is 0 Å². The number of aromatic carboxylic acids is 1. The fourth-order valence-electron chi connectivity index (χ4n) is 4.14. The SMILES string of the molecule is CCCc1nc2c(C)cc(CNC(=O)C(CS)C(C)C)cc2n1Cc1ccc(C(=O)O)c(Br)c1. The Morgan fingerprint density at radius 1 is 1.21 bits per heavy atom. The predicted octanol–water partition coefficient (Wildman–Crippen LogP) is 5.62. The minimum Gasteiger partial charge on any atom is -0.478 e. The van der Waals surface area contributed by atoms with Crippen molar-refractivity contribution >= 4 is 51.5 Å². The summed E-state index contributed by atoms with van der Waals surface area (Å²) in [7, 11) is 0. The first-order valence-electron chi connectivity index (χ1n) is 11.5. The number of benzene rings is 2. The molecule has 2 N–H and O–H groups in total. The minimum atomic E-state index is -0.960. The summed E-state index contributed by atoms with van der Waals surface area (Å²) < 4.78 is 2.76. The zero-order valence-corrected chi connectivity index (χ0v) is 22.5. The highest BCUT2D eigenvalue weighted by molar-refractivity contribution is 9.10. The normalized spacial score (nSPS) is 12.3. The lowest BCUT2D eigenvalue weighted by Gasteiger charge is -2.18. The number of aryl methyl sites for hydroxylation is 2. The molecule has 2 aromatic carbocycles. The molecule has 0 aliphatic heterocycles. The minimum absolute atomic E-state index is 0.0197. The van der Waals surface area contributed by atoms with E-state index in [4.69, 9.17) is 4.98 Å². The molecule has 8 heteroatoms. The molecular weight excluding hydrogens is 514 g/mol. The summed E-state index contributed by atoms with van der Waals surface area (Å²) in [6.45, 7) is 9.26. The number of nitrogens with zero attached hydrogens (tertiary/aromatic N) is 2. The predicted molar refractivity (Wildman–Crippen MR) is 143 cm³/mol. The summed E-state index contributed by atoms with van der Waals surface area (Å²) in [6, 6.07) is 9.50. The molecule has 1 aromatic heterocycles. The molecular formula is C26H32BrN3O3S. The number of hydrogen-bond donors (Lipinski definition) is 3. The van der Waals surface area contributed by atoms with Crippen molar-refractivity contribution in [2.75, 3.05) is 5.75 Å². The molecule has 0 bridgehead atoms. The third kappa shape index (κ3) is 5.84. The van der Waals surface area contributed by atoms with E-state index in [1.54, 1.807) is 6.07 Å². The van der Waals surface area contributed by atoms with Crippen LogP contribution < -0.4 is 5.32 Å². The topological polar surface area (TPSA) is 84.2 Å². The van der Waals surface area contributed by atoms with Crippen LogP contribution in [0.2, 0.25) is 0 Å². The maximum absolute atomic E-state index is 12.6. The van der Waals surface area contributed by atoms with Crippen molar-refractivity contribution in [3.8, 4) is 0 Å². The molecule has 0 aliphatic carbocycles. The third-order valence-corrected chi connectivity index (χ3v) is 7.12. The average molecular weight is 547 g/mol. The number of fused-ring (bicyclic) bond motifs is 1. The van der Waals surface area contributed by atoms with Crippen molar-refractivity contribution in [2.45, 2.75) is 53.6 Å². The summed E-state index contributed by atoms with van der Waals surface area (Å²) >= 11 is 7.72. The molecule has 0 saturated heterocycles. The number of halogens is 1. The lowest BCUT2D eigenvalue weighted by atomic mass is 9.97. The highest BCUT2D eigenvalue weighted by Crippen LogP contribution is 2.26. The number of thiol groups is 1. The van der Waals surface area contributed by atoms with E-state index in [1.165, 1.54) is 0 Å². The van der Waals surface area contributed by atoms with Crippen LogP contribution in [0.1, 0.15) is 60.1 Å². The summed E-state index contributed by atoms with van der Waals surface area (Å²) in [5.74, 6) is 0.679. The maximum atomic E-state index is 12.6. The Hall–Kier alpha value is -2.32. The van der Waals surface area contributed by atoms with Crippen LogP contribution >= 0.6 is 28.6 Å². The summed E-state index contributed by atoms with van der Waals surface area (Å²) in [6.07, 6.45) is 1.81. The fraction of sp³-hybridized carbons (Fsp3) is 0.423. The molecule has 3 aromatic rings.